The number of hydrogen-bond donors (Lipinski definition) is 2. The van der Waals surface area contributed by atoms with Gasteiger partial charge in [0.1, 0.15) is 0 Å². The molecule has 1 fully saturated rings. The van der Waals surface area contributed by atoms with E-state index in [4.69, 9.17) is 10.5 Å². The van der Waals surface area contributed by atoms with Gasteiger partial charge in [-0.2, -0.15) is 0 Å². The molecule has 1 rings (SSSR count). The second-order valence-electron chi connectivity index (χ2n) is 3.52. The molecule has 2 amide bonds. The number of nitrogens with two attached hydrogens (primary N) is 1. The van der Waals surface area contributed by atoms with Crippen LogP contribution in [0.25, 0.3) is 0 Å². The molecule has 5 heteroatoms. The molecule has 1 saturated heterocycles. The van der Waals surface area contributed by atoms with Gasteiger partial charge in [0.25, 0.3) is 0 Å². The quantitative estimate of drug-likeness (QED) is 0.609. The lowest BCUT2D eigenvalue weighted by Gasteiger charge is -2.15. The molecule has 1 aliphatic rings. The Bertz CT molecular complexity index is 187. The number of urea groups is 1. The van der Waals surface area contributed by atoms with Gasteiger partial charge in [-0.1, -0.05) is 0 Å². The summed E-state index contributed by atoms with van der Waals surface area (Å²) >= 11 is 0. The molecule has 14 heavy (non-hydrogen) atoms. The third-order valence-corrected chi connectivity index (χ3v) is 2.40. The molecule has 0 aromatic rings. The van der Waals surface area contributed by atoms with Crippen LogP contribution in [-0.4, -0.2) is 50.8 Å². The number of likely N-dealkylation sites (tertiary alicyclic amines) is 1. The Balaban J connectivity index is 2.17. The summed E-state index contributed by atoms with van der Waals surface area (Å²) in [6.45, 7) is 3.51. The molecule has 3 N–H and O–H groups in total. The van der Waals surface area contributed by atoms with Gasteiger partial charge in [-0.15, -0.1) is 0 Å². The molecule has 0 aliphatic carbocycles. The molecule has 1 aliphatic heterocycles. The topological polar surface area (TPSA) is 67.6 Å². The first-order chi connectivity index (χ1) is 6.77. The van der Waals surface area contributed by atoms with Gasteiger partial charge in [0.15, 0.2) is 0 Å². The number of carbonyl (C=O) groups excluding carboxylic acids is 1. The number of hydrogen-bond acceptors (Lipinski definition) is 3. The molecule has 0 bridgehead atoms. The molecule has 82 valence electrons. The van der Waals surface area contributed by atoms with E-state index in [-0.39, 0.29) is 6.03 Å². The summed E-state index contributed by atoms with van der Waals surface area (Å²) in [7, 11) is 1.65. The number of carbonyl (C=O) groups is 1. The van der Waals surface area contributed by atoms with Crippen LogP contribution >= 0.6 is 0 Å². The molecule has 0 spiro atoms. The average molecular weight is 201 g/mol. The number of nitrogens with zero attached hydrogens (tertiary/aromatic N) is 1. The predicted octanol–water partition coefficient (Wildman–Crippen LogP) is -0.377. The fourth-order valence-electron chi connectivity index (χ4n) is 1.64. The number of amides is 2. The van der Waals surface area contributed by atoms with Gasteiger partial charge in [-0.05, 0) is 6.42 Å². The van der Waals surface area contributed by atoms with Crippen molar-refractivity contribution >= 4 is 6.03 Å². The van der Waals surface area contributed by atoms with Crippen LogP contribution in [0.2, 0.25) is 0 Å². The van der Waals surface area contributed by atoms with Crippen molar-refractivity contribution in [2.24, 2.45) is 11.7 Å². The van der Waals surface area contributed by atoms with Gasteiger partial charge in [-0.3, -0.25) is 0 Å². The van der Waals surface area contributed by atoms with E-state index in [2.05, 4.69) is 5.32 Å². The highest BCUT2D eigenvalue weighted by atomic mass is 16.5. The molecule has 0 saturated carbocycles. The second kappa shape index (κ2) is 5.82. The van der Waals surface area contributed by atoms with Crippen molar-refractivity contribution in [3.8, 4) is 0 Å². The predicted molar refractivity (Wildman–Crippen MR) is 54.0 cm³/mol. The highest BCUT2D eigenvalue weighted by Crippen LogP contribution is 2.16. The fraction of sp³-hybridized carbons (Fsp3) is 0.889. The minimum absolute atomic E-state index is 0.00586. The third kappa shape index (κ3) is 3.16. The van der Waals surface area contributed by atoms with Crippen molar-refractivity contribution in [2.45, 2.75) is 6.42 Å². The molecule has 1 heterocycles. The first-order valence-electron chi connectivity index (χ1n) is 5.02. The van der Waals surface area contributed by atoms with E-state index in [9.17, 15) is 4.79 Å². The highest BCUT2D eigenvalue weighted by molar-refractivity contribution is 5.74. The van der Waals surface area contributed by atoms with Crippen LogP contribution in [0.5, 0.6) is 0 Å². The van der Waals surface area contributed by atoms with Crippen LogP contribution in [0, 0.1) is 5.92 Å². The normalized spacial score (nSPS) is 21.3. The van der Waals surface area contributed by atoms with Crippen molar-refractivity contribution in [2.75, 3.05) is 39.9 Å². The Morgan fingerprint density at radius 2 is 2.50 bits per heavy atom. The van der Waals surface area contributed by atoms with Crippen LogP contribution in [0.3, 0.4) is 0 Å². The van der Waals surface area contributed by atoms with Crippen LogP contribution in [0.1, 0.15) is 6.42 Å². The van der Waals surface area contributed by atoms with Gasteiger partial charge in [0.2, 0.25) is 0 Å². The Kier molecular flexibility index (Phi) is 4.69. The van der Waals surface area contributed by atoms with Crippen LogP contribution in [0.15, 0.2) is 0 Å². The minimum atomic E-state index is 0.00586. The maximum atomic E-state index is 11.2. The van der Waals surface area contributed by atoms with Crippen molar-refractivity contribution in [1.82, 2.24) is 10.2 Å². The highest BCUT2D eigenvalue weighted by Gasteiger charge is 2.25. The summed E-state index contributed by atoms with van der Waals surface area (Å²) in [4.78, 5) is 13.1. The van der Waals surface area contributed by atoms with Gasteiger partial charge >= 0.3 is 6.03 Å². The van der Waals surface area contributed by atoms with Gasteiger partial charge < -0.3 is 20.7 Å². The molecule has 0 aromatic carbocycles. The van der Waals surface area contributed by atoms with E-state index in [0.29, 0.717) is 25.7 Å². The maximum Gasteiger partial charge on any atom is 0.317 e. The molecular weight excluding hydrogens is 182 g/mol. The molecule has 5 nitrogen and oxygen atoms in total. The van der Waals surface area contributed by atoms with E-state index < -0.39 is 0 Å². The number of ether oxygens (including phenoxy) is 1. The molecule has 0 aromatic heterocycles. The van der Waals surface area contributed by atoms with Crippen molar-refractivity contribution in [3.05, 3.63) is 0 Å². The zero-order valence-corrected chi connectivity index (χ0v) is 8.66. The smallest absolute Gasteiger partial charge is 0.317 e. The van der Waals surface area contributed by atoms with Crippen LogP contribution in [-0.2, 0) is 4.74 Å². The molecule has 0 radical (unpaired) electrons. The van der Waals surface area contributed by atoms with Crippen LogP contribution in [0.4, 0.5) is 4.79 Å². The molecular formula is C9H19N3O2. The first-order valence-corrected chi connectivity index (χ1v) is 5.02. The average Bonchev–Trinajstić information content (AvgIpc) is 2.66. The van der Waals surface area contributed by atoms with Gasteiger partial charge in [0.05, 0.1) is 13.2 Å². The summed E-state index contributed by atoms with van der Waals surface area (Å²) in [6, 6.07) is 0.00586. The maximum absolute atomic E-state index is 11.2. The zero-order valence-electron chi connectivity index (χ0n) is 8.66. The summed E-state index contributed by atoms with van der Waals surface area (Å²) in [5.74, 6) is 0.471. The minimum Gasteiger partial charge on any atom is -0.380 e. The summed E-state index contributed by atoms with van der Waals surface area (Å²) < 4.78 is 5.35. The zero-order chi connectivity index (χ0) is 10.4. The number of rotatable bonds is 4. The second-order valence-corrected chi connectivity index (χ2v) is 3.52. The fourth-order valence-corrected chi connectivity index (χ4v) is 1.64. The largest absolute Gasteiger partial charge is 0.380 e. The van der Waals surface area contributed by atoms with Crippen molar-refractivity contribution < 1.29 is 9.53 Å². The third-order valence-electron chi connectivity index (χ3n) is 2.40. The summed E-state index contributed by atoms with van der Waals surface area (Å²) in [5, 5.41) is 2.62. The molecule has 1 atom stereocenters. The molecule has 1 unspecified atom stereocenters. The van der Waals surface area contributed by atoms with Crippen molar-refractivity contribution in [3.63, 3.8) is 0 Å². The lowest BCUT2D eigenvalue weighted by Crippen LogP contribution is -2.36. The lowest BCUT2D eigenvalue weighted by molar-refractivity contribution is 0.108. The summed E-state index contributed by atoms with van der Waals surface area (Å²) in [6.07, 6.45) is 1.03. The lowest BCUT2D eigenvalue weighted by atomic mass is 10.1. The summed E-state index contributed by atoms with van der Waals surface area (Å²) in [5.41, 5.74) is 5.31. The Morgan fingerprint density at radius 3 is 3.14 bits per heavy atom. The SMILES string of the molecule is CNC(=O)N1CCC(COCCN)C1. The van der Waals surface area contributed by atoms with E-state index in [1.54, 1.807) is 7.05 Å². The van der Waals surface area contributed by atoms with Crippen molar-refractivity contribution in [1.29, 1.82) is 0 Å². The van der Waals surface area contributed by atoms with Gasteiger partial charge in [-0.25, -0.2) is 4.79 Å². The van der Waals surface area contributed by atoms with Gasteiger partial charge in [0, 0.05) is 32.6 Å². The Labute approximate surface area is 84.6 Å². The van der Waals surface area contributed by atoms with E-state index in [0.717, 1.165) is 19.5 Å². The Hall–Kier alpha value is -0.810. The van der Waals surface area contributed by atoms with Crippen LogP contribution < -0.4 is 11.1 Å². The van der Waals surface area contributed by atoms with E-state index >= 15 is 0 Å². The Morgan fingerprint density at radius 1 is 1.71 bits per heavy atom. The standard InChI is InChI=1S/C9H19N3O2/c1-11-9(13)12-4-2-8(6-12)7-14-5-3-10/h8H,2-7,10H2,1H3,(H,11,13). The van der Waals surface area contributed by atoms with E-state index in [1.807, 2.05) is 4.90 Å². The first kappa shape index (κ1) is 11.3. The van der Waals surface area contributed by atoms with E-state index in [1.165, 1.54) is 0 Å². The number of nitrogens with one attached hydrogen (secondary N) is 1. The monoisotopic (exact) mass is 201 g/mol.